The SMILES string of the molecule is CC(O)c1cccc(S(=O)(=O)N2Cc3ccccc3C2)c1. The number of rotatable bonds is 3. The van der Waals surface area contributed by atoms with Gasteiger partial charge < -0.3 is 5.11 Å². The van der Waals surface area contributed by atoms with Crippen molar-refractivity contribution in [2.45, 2.75) is 31.0 Å². The first-order valence-corrected chi connectivity index (χ1v) is 8.27. The van der Waals surface area contributed by atoms with Crippen molar-refractivity contribution in [2.24, 2.45) is 0 Å². The average molecular weight is 303 g/mol. The lowest BCUT2D eigenvalue weighted by Crippen LogP contribution is -2.25. The van der Waals surface area contributed by atoms with Crippen molar-refractivity contribution in [1.82, 2.24) is 4.31 Å². The van der Waals surface area contributed by atoms with Gasteiger partial charge in [0.15, 0.2) is 0 Å². The van der Waals surface area contributed by atoms with Crippen molar-refractivity contribution in [1.29, 1.82) is 0 Å². The summed E-state index contributed by atoms with van der Waals surface area (Å²) in [7, 11) is -3.54. The van der Waals surface area contributed by atoms with E-state index in [4.69, 9.17) is 0 Å². The highest BCUT2D eigenvalue weighted by atomic mass is 32.2. The molecule has 1 N–H and O–H groups in total. The van der Waals surface area contributed by atoms with E-state index in [1.54, 1.807) is 31.2 Å². The topological polar surface area (TPSA) is 57.6 Å². The van der Waals surface area contributed by atoms with Gasteiger partial charge in [-0.15, -0.1) is 0 Å². The van der Waals surface area contributed by atoms with Crippen LogP contribution in [0.5, 0.6) is 0 Å². The minimum atomic E-state index is -3.54. The highest BCUT2D eigenvalue weighted by Crippen LogP contribution is 2.29. The highest BCUT2D eigenvalue weighted by molar-refractivity contribution is 7.89. The lowest BCUT2D eigenvalue weighted by atomic mass is 10.1. The summed E-state index contributed by atoms with van der Waals surface area (Å²) in [5.41, 5.74) is 2.70. The fourth-order valence-electron chi connectivity index (χ4n) is 2.56. The van der Waals surface area contributed by atoms with E-state index in [-0.39, 0.29) is 4.90 Å². The Labute approximate surface area is 124 Å². The van der Waals surface area contributed by atoms with Crippen molar-refractivity contribution >= 4 is 10.0 Å². The summed E-state index contributed by atoms with van der Waals surface area (Å²) in [5.74, 6) is 0. The van der Waals surface area contributed by atoms with Gasteiger partial charge in [-0.2, -0.15) is 4.31 Å². The second kappa shape index (κ2) is 5.26. The molecule has 3 rings (SSSR count). The molecule has 2 aromatic rings. The maximum atomic E-state index is 12.7. The first-order valence-electron chi connectivity index (χ1n) is 6.83. The van der Waals surface area contributed by atoms with E-state index >= 15 is 0 Å². The molecule has 1 unspecified atom stereocenters. The van der Waals surface area contributed by atoms with Crippen LogP contribution in [0.2, 0.25) is 0 Å². The van der Waals surface area contributed by atoms with Crippen LogP contribution >= 0.6 is 0 Å². The number of hydrogen-bond donors (Lipinski definition) is 1. The normalized spacial score (nSPS) is 16.7. The zero-order valence-corrected chi connectivity index (χ0v) is 12.5. The Balaban J connectivity index is 1.94. The van der Waals surface area contributed by atoms with Gasteiger partial charge in [-0.25, -0.2) is 8.42 Å². The number of aliphatic hydroxyl groups is 1. The zero-order chi connectivity index (χ0) is 15.0. The van der Waals surface area contributed by atoms with Crippen LogP contribution in [0.4, 0.5) is 0 Å². The number of hydrogen-bond acceptors (Lipinski definition) is 3. The molecule has 0 amide bonds. The lowest BCUT2D eigenvalue weighted by Gasteiger charge is -2.16. The van der Waals surface area contributed by atoms with Gasteiger partial charge in [0.2, 0.25) is 10.0 Å². The van der Waals surface area contributed by atoms with Gasteiger partial charge in [0.25, 0.3) is 0 Å². The number of aliphatic hydroxyl groups excluding tert-OH is 1. The minimum absolute atomic E-state index is 0.230. The van der Waals surface area contributed by atoms with Crippen molar-refractivity contribution in [3.63, 3.8) is 0 Å². The van der Waals surface area contributed by atoms with Gasteiger partial charge in [0, 0.05) is 13.1 Å². The Morgan fingerprint density at radius 3 is 2.24 bits per heavy atom. The monoisotopic (exact) mass is 303 g/mol. The maximum absolute atomic E-state index is 12.7. The van der Waals surface area contributed by atoms with Gasteiger partial charge in [0.1, 0.15) is 0 Å². The maximum Gasteiger partial charge on any atom is 0.243 e. The molecule has 1 atom stereocenters. The smallest absolute Gasteiger partial charge is 0.243 e. The van der Waals surface area contributed by atoms with Crippen LogP contribution in [-0.2, 0) is 23.1 Å². The second-order valence-electron chi connectivity index (χ2n) is 5.29. The summed E-state index contributed by atoms with van der Waals surface area (Å²) in [5, 5.41) is 9.61. The molecule has 2 aromatic carbocycles. The van der Waals surface area contributed by atoms with Crippen LogP contribution in [0.15, 0.2) is 53.4 Å². The fourth-order valence-corrected chi connectivity index (χ4v) is 4.01. The van der Waals surface area contributed by atoms with E-state index in [0.29, 0.717) is 18.7 Å². The molecule has 1 aliphatic heterocycles. The molecule has 0 saturated carbocycles. The largest absolute Gasteiger partial charge is 0.389 e. The van der Waals surface area contributed by atoms with Crippen molar-refractivity contribution in [3.05, 3.63) is 65.2 Å². The van der Waals surface area contributed by atoms with E-state index in [0.717, 1.165) is 11.1 Å². The molecular weight excluding hydrogens is 286 g/mol. The standard InChI is InChI=1S/C16H17NO3S/c1-12(18)13-7-4-8-16(9-13)21(19,20)17-10-14-5-2-3-6-15(14)11-17/h2-9,12,18H,10-11H2,1H3. The molecule has 0 saturated heterocycles. The van der Waals surface area contributed by atoms with Crippen LogP contribution in [-0.4, -0.2) is 17.8 Å². The van der Waals surface area contributed by atoms with Crippen LogP contribution in [0.3, 0.4) is 0 Å². The average Bonchev–Trinajstić information content (AvgIpc) is 2.92. The van der Waals surface area contributed by atoms with Crippen molar-refractivity contribution in [2.75, 3.05) is 0 Å². The third-order valence-corrected chi connectivity index (χ3v) is 5.58. The zero-order valence-electron chi connectivity index (χ0n) is 11.7. The summed E-state index contributed by atoms with van der Waals surface area (Å²) in [6.45, 7) is 2.42. The first-order chi connectivity index (χ1) is 9.98. The molecule has 5 heteroatoms. The van der Waals surface area contributed by atoms with Gasteiger partial charge in [-0.05, 0) is 35.7 Å². The third-order valence-electron chi connectivity index (χ3n) is 3.79. The Bertz CT molecular complexity index is 744. The molecule has 0 fully saturated rings. The number of fused-ring (bicyclic) bond motifs is 1. The van der Waals surface area contributed by atoms with E-state index in [1.165, 1.54) is 4.31 Å². The number of benzene rings is 2. The lowest BCUT2D eigenvalue weighted by molar-refractivity contribution is 0.199. The molecule has 0 radical (unpaired) electrons. The molecule has 21 heavy (non-hydrogen) atoms. The molecule has 1 aliphatic rings. The predicted molar refractivity (Wildman–Crippen MR) is 80.0 cm³/mol. The summed E-state index contributed by atoms with van der Waals surface area (Å²) < 4.78 is 26.9. The van der Waals surface area contributed by atoms with Crippen LogP contribution in [0.1, 0.15) is 29.7 Å². The summed E-state index contributed by atoms with van der Waals surface area (Å²) in [6.07, 6.45) is -0.684. The van der Waals surface area contributed by atoms with Gasteiger partial charge in [-0.3, -0.25) is 0 Å². The Kier molecular flexibility index (Phi) is 3.57. The number of sulfonamides is 1. The third kappa shape index (κ3) is 2.60. The van der Waals surface area contributed by atoms with Crippen molar-refractivity contribution < 1.29 is 13.5 Å². The Morgan fingerprint density at radius 1 is 1.05 bits per heavy atom. The Hall–Kier alpha value is -1.69. The van der Waals surface area contributed by atoms with Crippen LogP contribution < -0.4 is 0 Å². The fraction of sp³-hybridized carbons (Fsp3) is 0.250. The van der Waals surface area contributed by atoms with E-state index in [9.17, 15) is 13.5 Å². The quantitative estimate of drug-likeness (QED) is 0.947. The van der Waals surface area contributed by atoms with Crippen LogP contribution in [0, 0.1) is 0 Å². The van der Waals surface area contributed by atoms with E-state index in [2.05, 4.69) is 0 Å². The molecular formula is C16H17NO3S. The van der Waals surface area contributed by atoms with Crippen LogP contribution in [0.25, 0.3) is 0 Å². The molecule has 0 aromatic heterocycles. The summed E-state index contributed by atoms with van der Waals surface area (Å²) in [6, 6.07) is 14.3. The predicted octanol–water partition coefficient (Wildman–Crippen LogP) is 2.44. The molecule has 4 nitrogen and oxygen atoms in total. The molecule has 0 spiro atoms. The molecule has 0 bridgehead atoms. The molecule has 110 valence electrons. The van der Waals surface area contributed by atoms with E-state index in [1.807, 2.05) is 24.3 Å². The first kappa shape index (κ1) is 14.3. The molecule has 1 heterocycles. The molecule has 0 aliphatic carbocycles. The summed E-state index contributed by atoms with van der Waals surface area (Å²) in [4.78, 5) is 0.230. The van der Waals surface area contributed by atoms with Gasteiger partial charge >= 0.3 is 0 Å². The minimum Gasteiger partial charge on any atom is -0.389 e. The van der Waals surface area contributed by atoms with Crippen molar-refractivity contribution in [3.8, 4) is 0 Å². The Morgan fingerprint density at radius 2 is 1.67 bits per heavy atom. The van der Waals surface area contributed by atoms with E-state index < -0.39 is 16.1 Å². The second-order valence-corrected chi connectivity index (χ2v) is 7.23. The number of nitrogens with zero attached hydrogens (tertiary/aromatic N) is 1. The van der Waals surface area contributed by atoms with Gasteiger partial charge in [-0.1, -0.05) is 36.4 Å². The summed E-state index contributed by atoms with van der Waals surface area (Å²) >= 11 is 0. The van der Waals surface area contributed by atoms with Gasteiger partial charge in [0.05, 0.1) is 11.0 Å². The highest BCUT2D eigenvalue weighted by Gasteiger charge is 2.30.